The van der Waals surface area contributed by atoms with Crippen molar-refractivity contribution in [2.24, 2.45) is 0 Å². The third-order valence-corrected chi connectivity index (χ3v) is 6.38. The normalized spacial score (nSPS) is 29.1. The SMILES string of the molecule is CCNCC1CCCCN1S(=O)(=O)N(C)C1CCOC1. The highest BCUT2D eigenvalue weighted by Crippen LogP contribution is 2.24. The zero-order valence-corrected chi connectivity index (χ0v) is 13.4. The molecule has 0 spiro atoms. The predicted octanol–water partition coefficient (Wildman–Crippen LogP) is 0.416. The molecule has 2 aliphatic rings. The Labute approximate surface area is 122 Å². The van der Waals surface area contributed by atoms with Gasteiger partial charge < -0.3 is 10.1 Å². The van der Waals surface area contributed by atoms with E-state index in [-0.39, 0.29) is 12.1 Å². The van der Waals surface area contributed by atoms with E-state index in [1.165, 1.54) is 4.31 Å². The van der Waals surface area contributed by atoms with Crippen molar-refractivity contribution in [3.8, 4) is 0 Å². The number of ether oxygens (including phenoxy) is 1. The van der Waals surface area contributed by atoms with Crippen molar-refractivity contribution in [3.63, 3.8) is 0 Å². The Morgan fingerprint density at radius 3 is 2.80 bits per heavy atom. The van der Waals surface area contributed by atoms with Crippen LogP contribution in [0.1, 0.15) is 32.6 Å². The number of rotatable bonds is 6. The number of nitrogens with zero attached hydrogens (tertiary/aromatic N) is 2. The minimum absolute atomic E-state index is 0.0123. The number of hydrogen-bond acceptors (Lipinski definition) is 4. The molecular weight excluding hydrogens is 278 g/mol. The Hall–Kier alpha value is -0.210. The fourth-order valence-electron chi connectivity index (χ4n) is 2.96. The molecule has 7 heteroatoms. The van der Waals surface area contributed by atoms with E-state index in [4.69, 9.17) is 4.74 Å². The molecule has 2 aliphatic heterocycles. The maximum absolute atomic E-state index is 12.8. The van der Waals surface area contributed by atoms with Crippen LogP contribution >= 0.6 is 0 Å². The van der Waals surface area contributed by atoms with Gasteiger partial charge in [-0.15, -0.1) is 0 Å². The highest BCUT2D eigenvalue weighted by atomic mass is 32.2. The summed E-state index contributed by atoms with van der Waals surface area (Å²) in [6.45, 7) is 5.47. The lowest BCUT2D eigenvalue weighted by Gasteiger charge is -2.38. The quantitative estimate of drug-likeness (QED) is 0.772. The number of hydrogen-bond donors (Lipinski definition) is 1. The first kappa shape index (κ1) is 16.2. The van der Waals surface area contributed by atoms with E-state index in [9.17, 15) is 8.42 Å². The van der Waals surface area contributed by atoms with Gasteiger partial charge in [-0.2, -0.15) is 17.0 Å². The molecule has 0 aliphatic carbocycles. The molecule has 0 saturated carbocycles. The van der Waals surface area contributed by atoms with E-state index < -0.39 is 10.2 Å². The molecule has 20 heavy (non-hydrogen) atoms. The number of piperidine rings is 1. The Morgan fingerprint density at radius 2 is 2.15 bits per heavy atom. The molecule has 0 amide bonds. The Balaban J connectivity index is 2.08. The van der Waals surface area contributed by atoms with Crippen molar-refractivity contribution in [3.05, 3.63) is 0 Å². The summed E-state index contributed by atoms with van der Waals surface area (Å²) in [4.78, 5) is 0. The van der Waals surface area contributed by atoms with Gasteiger partial charge in [-0.25, -0.2) is 0 Å². The summed E-state index contributed by atoms with van der Waals surface area (Å²) in [6, 6.07) is 0.0696. The van der Waals surface area contributed by atoms with Crippen LogP contribution in [0.5, 0.6) is 0 Å². The van der Waals surface area contributed by atoms with Crippen LogP contribution in [-0.2, 0) is 14.9 Å². The number of likely N-dealkylation sites (N-methyl/N-ethyl adjacent to an activating group) is 2. The van der Waals surface area contributed by atoms with Gasteiger partial charge in [0.25, 0.3) is 10.2 Å². The van der Waals surface area contributed by atoms with Gasteiger partial charge in [-0.05, 0) is 25.8 Å². The molecule has 0 aromatic rings. The predicted molar refractivity (Wildman–Crippen MR) is 78.8 cm³/mol. The third-order valence-electron chi connectivity index (χ3n) is 4.28. The lowest BCUT2D eigenvalue weighted by Crippen LogP contribution is -2.54. The molecule has 2 rings (SSSR count). The Morgan fingerprint density at radius 1 is 1.35 bits per heavy atom. The van der Waals surface area contributed by atoms with Crippen LogP contribution in [0.2, 0.25) is 0 Å². The van der Waals surface area contributed by atoms with Crippen molar-refractivity contribution in [1.29, 1.82) is 0 Å². The molecule has 0 radical (unpaired) electrons. The van der Waals surface area contributed by atoms with E-state index in [1.807, 2.05) is 6.92 Å². The van der Waals surface area contributed by atoms with E-state index in [0.29, 0.717) is 19.8 Å². The van der Waals surface area contributed by atoms with Crippen LogP contribution in [0.25, 0.3) is 0 Å². The van der Waals surface area contributed by atoms with Gasteiger partial charge in [-0.1, -0.05) is 13.3 Å². The Kier molecular flexibility index (Phi) is 5.80. The molecule has 118 valence electrons. The fourth-order valence-corrected chi connectivity index (χ4v) is 4.75. The smallest absolute Gasteiger partial charge is 0.282 e. The fraction of sp³-hybridized carbons (Fsp3) is 1.00. The molecule has 0 aromatic carbocycles. The summed E-state index contributed by atoms with van der Waals surface area (Å²) in [6.07, 6.45) is 3.80. The van der Waals surface area contributed by atoms with Crippen molar-refractivity contribution in [2.75, 3.05) is 39.9 Å². The van der Waals surface area contributed by atoms with Gasteiger partial charge in [0.15, 0.2) is 0 Å². The van der Waals surface area contributed by atoms with Crippen LogP contribution < -0.4 is 5.32 Å². The molecule has 2 fully saturated rings. The molecule has 1 N–H and O–H groups in total. The maximum Gasteiger partial charge on any atom is 0.282 e. The summed E-state index contributed by atoms with van der Waals surface area (Å²) in [5.74, 6) is 0. The average molecular weight is 305 g/mol. The van der Waals surface area contributed by atoms with Gasteiger partial charge in [0.1, 0.15) is 0 Å². The van der Waals surface area contributed by atoms with Crippen LogP contribution in [-0.4, -0.2) is 69.0 Å². The molecule has 2 unspecified atom stereocenters. The zero-order chi connectivity index (χ0) is 14.6. The number of nitrogens with one attached hydrogen (secondary N) is 1. The summed E-state index contributed by atoms with van der Waals surface area (Å²) in [7, 11) is -1.69. The Bertz CT molecular complexity index is 396. The van der Waals surface area contributed by atoms with Crippen molar-refractivity contribution < 1.29 is 13.2 Å². The lowest BCUT2D eigenvalue weighted by molar-refractivity contribution is 0.174. The topological polar surface area (TPSA) is 61.9 Å². The first-order valence-corrected chi connectivity index (χ1v) is 9.00. The molecule has 6 nitrogen and oxygen atoms in total. The first-order chi connectivity index (χ1) is 9.57. The largest absolute Gasteiger partial charge is 0.380 e. The van der Waals surface area contributed by atoms with E-state index >= 15 is 0 Å². The molecule has 2 heterocycles. The molecule has 2 atom stereocenters. The van der Waals surface area contributed by atoms with Crippen LogP contribution in [0, 0.1) is 0 Å². The second-order valence-corrected chi connectivity index (χ2v) is 7.55. The highest BCUT2D eigenvalue weighted by Gasteiger charge is 2.38. The highest BCUT2D eigenvalue weighted by molar-refractivity contribution is 7.86. The van der Waals surface area contributed by atoms with Gasteiger partial charge in [0.05, 0.1) is 12.6 Å². The summed E-state index contributed by atoms with van der Waals surface area (Å²) in [5, 5.41) is 3.28. The second kappa shape index (κ2) is 7.17. The van der Waals surface area contributed by atoms with Gasteiger partial charge in [0.2, 0.25) is 0 Å². The van der Waals surface area contributed by atoms with Gasteiger partial charge in [-0.3, -0.25) is 0 Å². The monoisotopic (exact) mass is 305 g/mol. The minimum Gasteiger partial charge on any atom is -0.380 e. The van der Waals surface area contributed by atoms with Crippen LogP contribution in [0.4, 0.5) is 0 Å². The van der Waals surface area contributed by atoms with Crippen molar-refractivity contribution in [1.82, 2.24) is 13.9 Å². The first-order valence-electron chi connectivity index (χ1n) is 7.60. The maximum atomic E-state index is 12.8. The molecular formula is C13H27N3O3S. The van der Waals surface area contributed by atoms with E-state index in [1.54, 1.807) is 11.4 Å². The van der Waals surface area contributed by atoms with Crippen molar-refractivity contribution in [2.45, 2.75) is 44.7 Å². The zero-order valence-electron chi connectivity index (χ0n) is 12.5. The molecule has 0 aromatic heterocycles. The summed E-state index contributed by atoms with van der Waals surface area (Å²) >= 11 is 0. The standard InChI is InChI=1S/C13H27N3O3S/c1-3-14-10-12-6-4-5-8-16(12)20(17,18)15(2)13-7-9-19-11-13/h12-14H,3-11H2,1-2H3. The molecule has 0 bridgehead atoms. The third kappa shape index (κ3) is 3.51. The van der Waals surface area contributed by atoms with E-state index in [0.717, 1.165) is 38.8 Å². The summed E-state index contributed by atoms with van der Waals surface area (Å²) < 4.78 is 34.2. The van der Waals surface area contributed by atoms with Gasteiger partial charge >= 0.3 is 0 Å². The van der Waals surface area contributed by atoms with Crippen LogP contribution in [0.3, 0.4) is 0 Å². The van der Waals surface area contributed by atoms with E-state index in [2.05, 4.69) is 5.32 Å². The van der Waals surface area contributed by atoms with Crippen molar-refractivity contribution >= 4 is 10.2 Å². The summed E-state index contributed by atoms with van der Waals surface area (Å²) in [5.41, 5.74) is 0. The van der Waals surface area contributed by atoms with Gasteiger partial charge in [0, 0.05) is 32.8 Å². The minimum atomic E-state index is -3.38. The average Bonchev–Trinajstić information content (AvgIpc) is 2.98. The second-order valence-electron chi connectivity index (χ2n) is 5.61. The lowest BCUT2D eigenvalue weighted by atomic mass is 10.1. The van der Waals surface area contributed by atoms with Crippen LogP contribution in [0.15, 0.2) is 0 Å². The molecule has 2 saturated heterocycles.